The highest BCUT2D eigenvalue weighted by Gasteiger charge is 2.16. The third-order valence-electron chi connectivity index (χ3n) is 3.29. The number of thioether (sulfide) groups is 1. The van der Waals surface area contributed by atoms with Crippen molar-refractivity contribution in [3.05, 3.63) is 34.8 Å². The number of hydrogen-bond donors (Lipinski definition) is 0. The van der Waals surface area contributed by atoms with Gasteiger partial charge < -0.3 is 4.40 Å². The minimum atomic E-state index is 0.804. The van der Waals surface area contributed by atoms with Crippen LogP contribution in [-0.4, -0.2) is 20.9 Å². The van der Waals surface area contributed by atoms with Crippen LogP contribution in [0.1, 0.15) is 18.7 Å². The summed E-state index contributed by atoms with van der Waals surface area (Å²) in [6.07, 6.45) is 7.92. The number of nitrogens with zero attached hydrogens (tertiary/aromatic N) is 2. The predicted molar refractivity (Wildman–Crippen MR) is 76.6 cm³/mol. The van der Waals surface area contributed by atoms with Crippen LogP contribution in [0.2, 0.25) is 0 Å². The van der Waals surface area contributed by atoms with Crippen LogP contribution in [0, 0.1) is 5.92 Å². The monoisotopic (exact) mass is 310 g/mol. The van der Waals surface area contributed by atoms with Crippen LogP contribution in [0.15, 0.2) is 29.0 Å². The van der Waals surface area contributed by atoms with E-state index in [1.165, 1.54) is 35.7 Å². The van der Waals surface area contributed by atoms with Gasteiger partial charge in [-0.2, -0.15) is 11.8 Å². The van der Waals surface area contributed by atoms with E-state index in [0.29, 0.717) is 0 Å². The molecule has 1 saturated heterocycles. The number of aromatic nitrogens is 2. The average Bonchev–Trinajstić information content (AvgIpc) is 2.73. The second-order valence-corrected chi connectivity index (χ2v) is 6.67. The molecular weight excluding hydrogens is 296 g/mol. The van der Waals surface area contributed by atoms with Crippen molar-refractivity contribution in [2.75, 3.05) is 11.5 Å². The highest BCUT2D eigenvalue weighted by Crippen LogP contribution is 2.26. The molecule has 0 aliphatic carbocycles. The summed E-state index contributed by atoms with van der Waals surface area (Å²) in [5, 5.41) is 0. The quantitative estimate of drug-likeness (QED) is 0.839. The summed E-state index contributed by atoms with van der Waals surface area (Å²) in [4.78, 5) is 4.56. The molecule has 2 aromatic heterocycles. The smallest absolute Gasteiger partial charge is 0.113 e. The SMILES string of the molecule is Brc1ccc2cnc(CC3CCCSC3)n2c1. The molecule has 0 radical (unpaired) electrons. The van der Waals surface area contributed by atoms with Crippen molar-refractivity contribution in [2.24, 2.45) is 5.92 Å². The lowest BCUT2D eigenvalue weighted by Gasteiger charge is -2.20. The summed E-state index contributed by atoms with van der Waals surface area (Å²) in [7, 11) is 0. The Morgan fingerprint density at radius 1 is 1.47 bits per heavy atom. The summed E-state index contributed by atoms with van der Waals surface area (Å²) < 4.78 is 3.32. The lowest BCUT2D eigenvalue weighted by atomic mass is 10.0. The van der Waals surface area contributed by atoms with Gasteiger partial charge in [-0.25, -0.2) is 4.98 Å². The van der Waals surface area contributed by atoms with E-state index in [1.54, 1.807) is 0 Å². The molecule has 0 bridgehead atoms. The number of hydrogen-bond acceptors (Lipinski definition) is 2. The third kappa shape index (κ3) is 2.52. The van der Waals surface area contributed by atoms with Gasteiger partial charge in [-0.05, 0) is 58.3 Å². The minimum absolute atomic E-state index is 0.804. The maximum absolute atomic E-state index is 4.56. The molecule has 3 rings (SSSR count). The van der Waals surface area contributed by atoms with Gasteiger partial charge in [-0.15, -0.1) is 0 Å². The Bertz CT molecular complexity index is 517. The average molecular weight is 311 g/mol. The van der Waals surface area contributed by atoms with Crippen LogP contribution in [0.4, 0.5) is 0 Å². The van der Waals surface area contributed by atoms with Gasteiger partial charge in [0.15, 0.2) is 0 Å². The molecule has 0 aromatic carbocycles. The van der Waals surface area contributed by atoms with Crippen molar-refractivity contribution in [1.29, 1.82) is 0 Å². The fraction of sp³-hybridized carbons (Fsp3) is 0.462. The van der Waals surface area contributed by atoms with E-state index in [9.17, 15) is 0 Å². The van der Waals surface area contributed by atoms with E-state index < -0.39 is 0 Å². The first kappa shape index (κ1) is 11.6. The van der Waals surface area contributed by atoms with Crippen LogP contribution in [-0.2, 0) is 6.42 Å². The lowest BCUT2D eigenvalue weighted by molar-refractivity contribution is 0.507. The van der Waals surface area contributed by atoms with Crippen LogP contribution in [0.3, 0.4) is 0 Å². The van der Waals surface area contributed by atoms with E-state index in [0.717, 1.165) is 16.8 Å². The van der Waals surface area contributed by atoms with E-state index >= 15 is 0 Å². The number of halogens is 1. The Balaban J connectivity index is 1.86. The van der Waals surface area contributed by atoms with Gasteiger partial charge in [0.1, 0.15) is 5.82 Å². The summed E-state index contributed by atoms with van der Waals surface area (Å²) in [6, 6.07) is 4.17. The molecule has 2 aromatic rings. The van der Waals surface area contributed by atoms with Crippen LogP contribution in [0.5, 0.6) is 0 Å². The number of imidazole rings is 1. The second-order valence-electron chi connectivity index (χ2n) is 4.60. The van der Waals surface area contributed by atoms with E-state index in [-0.39, 0.29) is 0 Å². The molecule has 4 heteroatoms. The summed E-state index contributed by atoms with van der Waals surface area (Å²) in [5.74, 6) is 4.64. The maximum atomic E-state index is 4.56. The third-order valence-corrected chi connectivity index (χ3v) is 5.05. The van der Waals surface area contributed by atoms with Crippen molar-refractivity contribution >= 4 is 33.2 Å². The molecule has 1 fully saturated rings. The Kier molecular flexibility index (Phi) is 3.43. The van der Waals surface area contributed by atoms with Gasteiger partial charge in [0, 0.05) is 17.1 Å². The van der Waals surface area contributed by atoms with Crippen LogP contribution in [0.25, 0.3) is 5.52 Å². The van der Waals surface area contributed by atoms with E-state index in [1.807, 2.05) is 6.20 Å². The van der Waals surface area contributed by atoms with Crippen molar-refractivity contribution in [2.45, 2.75) is 19.3 Å². The van der Waals surface area contributed by atoms with Crippen molar-refractivity contribution < 1.29 is 0 Å². The first-order chi connectivity index (χ1) is 8.33. The van der Waals surface area contributed by atoms with Gasteiger partial charge >= 0.3 is 0 Å². The molecular formula is C13H15BrN2S. The fourth-order valence-corrected chi connectivity index (χ4v) is 3.89. The Hall–Kier alpha value is -0.480. The van der Waals surface area contributed by atoms with Crippen LogP contribution >= 0.6 is 27.7 Å². The highest BCUT2D eigenvalue weighted by molar-refractivity contribution is 9.10. The van der Waals surface area contributed by atoms with E-state index in [4.69, 9.17) is 0 Å². The molecule has 1 unspecified atom stereocenters. The Morgan fingerprint density at radius 2 is 2.41 bits per heavy atom. The molecule has 1 atom stereocenters. The van der Waals surface area contributed by atoms with E-state index in [2.05, 4.69) is 55.4 Å². The van der Waals surface area contributed by atoms with Gasteiger partial charge in [0.25, 0.3) is 0 Å². The highest BCUT2D eigenvalue weighted by atomic mass is 79.9. The van der Waals surface area contributed by atoms with Gasteiger partial charge in [0.05, 0.1) is 11.7 Å². The summed E-state index contributed by atoms with van der Waals surface area (Å²) in [6.45, 7) is 0. The van der Waals surface area contributed by atoms with Crippen molar-refractivity contribution in [3.8, 4) is 0 Å². The number of fused-ring (bicyclic) bond motifs is 1. The molecule has 90 valence electrons. The zero-order valence-corrected chi connectivity index (χ0v) is 12.0. The molecule has 0 N–H and O–H groups in total. The van der Waals surface area contributed by atoms with Gasteiger partial charge in [0.2, 0.25) is 0 Å². The number of pyridine rings is 1. The fourth-order valence-electron chi connectivity index (χ4n) is 2.40. The zero-order valence-electron chi connectivity index (χ0n) is 9.60. The Morgan fingerprint density at radius 3 is 3.24 bits per heavy atom. The van der Waals surface area contributed by atoms with Crippen molar-refractivity contribution in [3.63, 3.8) is 0 Å². The first-order valence-electron chi connectivity index (χ1n) is 6.02. The lowest BCUT2D eigenvalue weighted by Crippen LogP contribution is -2.14. The standard InChI is InChI=1S/C13H15BrN2S/c14-11-3-4-12-7-15-13(16(12)8-11)6-10-2-1-5-17-9-10/h3-4,7-8,10H,1-2,5-6,9H2. The zero-order chi connectivity index (χ0) is 11.7. The molecule has 0 saturated carbocycles. The molecule has 1 aliphatic rings. The summed E-state index contributed by atoms with van der Waals surface area (Å²) in [5.41, 5.74) is 1.19. The normalized spacial score (nSPS) is 20.9. The van der Waals surface area contributed by atoms with Gasteiger partial charge in [-0.3, -0.25) is 0 Å². The Labute approximate surface area is 114 Å². The molecule has 0 spiro atoms. The maximum Gasteiger partial charge on any atom is 0.113 e. The molecule has 0 amide bonds. The molecule has 17 heavy (non-hydrogen) atoms. The second kappa shape index (κ2) is 5.02. The topological polar surface area (TPSA) is 17.3 Å². The number of rotatable bonds is 2. The molecule has 2 nitrogen and oxygen atoms in total. The largest absolute Gasteiger partial charge is 0.303 e. The predicted octanol–water partition coefficient (Wildman–Crippen LogP) is 3.78. The molecule has 1 aliphatic heterocycles. The minimum Gasteiger partial charge on any atom is -0.303 e. The summed E-state index contributed by atoms with van der Waals surface area (Å²) >= 11 is 5.61. The molecule has 3 heterocycles. The van der Waals surface area contributed by atoms with Crippen molar-refractivity contribution in [1.82, 2.24) is 9.38 Å². The van der Waals surface area contributed by atoms with Crippen LogP contribution < -0.4 is 0 Å². The van der Waals surface area contributed by atoms with Gasteiger partial charge in [-0.1, -0.05) is 0 Å². The first-order valence-corrected chi connectivity index (χ1v) is 7.97.